The van der Waals surface area contributed by atoms with Crippen molar-refractivity contribution in [1.82, 2.24) is 10.2 Å². The fourth-order valence-corrected chi connectivity index (χ4v) is 6.70. The molecular weight excluding hydrogens is 715 g/mol. The number of halogens is 2. The van der Waals surface area contributed by atoms with E-state index in [9.17, 15) is 9.59 Å². The van der Waals surface area contributed by atoms with Crippen LogP contribution in [0, 0.1) is 18.8 Å². The summed E-state index contributed by atoms with van der Waals surface area (Å²) < 4.78 is 26.5. The normalized spacial score (nSPS) is 16.2. The number of carbonyl (C=O) groups excluding carboxylic acids is 2. The van der Waals surface area contributed by atoms with E-state index < -0.39 is 0 Å². The molecule has 53 heavy (non-hydrogen) atoms. The van der Waals surface area contributed by atoms with Crippen molar-refractivity contribution in [3.8, 4) is 17.2 Å². The number of hydrogen-bond donors (Lipinski definition) is 1. The first-order valence-corrected chi connectivity index (χ1v) is 19.6. The first-order valence-electron chi connectivity index (χ1n) is 18.8. The van der Waals surface area contributed by atoms with Crippen LogP contribution in [0.25, 0.3) is 0 Å². The molecule has 0 bridgehead atoms. The van der Waals surface area contributed by atoms with Crippen LogP contribution in [-0.2, 0) is 32.0 Å². The number of methoxy groups -OCH3 is 2. The van der Waals surface area contributed by atoms with Crippen molar-refractivity contribution in [3.05, 3.63) is 87.4 Å². The molecule has 1 heterocycles. The Morgan fingerprint density at radius 1 is 0.830 bits per heavy atom. The minimum atomic E-state index is -0.00694. The molecule has 3 aromatic rings. The fraction of sp³-hybridized carbons (Fsp3) is 0.524. The zero-order chi connectivity index (χ0) is 38.0. The molecule has 0 spiro atoms. The zero-order valence-corrected chi connectivity index (χ0v) is 33.2. The molecule has 2 aliphatic carbocycles. The standard InChI is InChI=1S/C21H32N2O3.C15H14Cl2O2.C6H10O2/c1-25-10-4-5-16-11-17(13-20(12-16)26-2)15-23(19-7-8-19)21(24)18-6-3-9-22-14-18;1-11-9-13(16)15(14(17)10-11)19-8-7-18-12-5-3-2-4-6-12;1-2-8-6(7)5-3-4-5/h11-13,18-19,22H,3-10,14-15H2,1-2H3;2-6,9-10H,7-8H2,1H3;5H,2-4H2,1H3. The predicted octanol–water partition coefficient (Wildman–Crippen LogP) is 8.48. The highest BCUT2D eigenvalue weighted by atomic mass is 35.5. The van der Waals surface area contributed by atoms with Gasteiger partial charge in [0.15, 0.2) is 5.75 Å². The average molecular weight is 772 g/mol. The van der Waals surface area contributed by atoms with Crippen LogP contribution in [0.4, 0.5) is 0 Å². The molecule has 1 atom stereocenters. The van der Waals surface area contributed by atoms with Crippen molar-refractivity contribution in [2.24, 2.45) is 11.8 Å². The molecule has 0 radical (unpaired) electrons. The van der Waals surface area contributed by atoms with Gasteiger partial charge in [0, 0.05) is 32.8 Å². The van der Waals surface area contributed by atoms with Crippen LogP contribution in [0.2, 0.25) is 10.0 Å². The smallest absolute Gasteiger partial charge is 0.308 e. The molecule has 3 fully saturated rings. The van der Waals surface area contributed by atoms with Gasteiger partial charge >= 0.3 is 5.97 Å². The van der Waals surface area contributed by atoms with Gasteiger partial charge in [-0.2, -0.15) is 0 Å². The summed E-state index contributed by atoms with van der Waals surface area (Å²) in [5, 5.41) is 4.41. The number of amides is 1. The van der Waals surface area contributed by atoms with Crippen LogP contribution in [0.15, 0.2) is 60.7 Å². The predicted molar refractivity (Wildman–Crippen MR) is 210 cm³/mol. The molecule has 290 valence electrons. The lowest BCUT2D eigenvalue weighted by Gasteiger charge is -2.30. The molecule has 11 heteroatoms. The summed E-state index contributed by atoms with van der Waals surface area (Å²) in [6.07, 6.45) is 8.40. The Morgan fingerprint density at radius 3 is 2.13 bits per heavy atom. The number of aryl methyl sites for hydroxylation is 2. The molecule has 9 nitrogen and oxygen atoms in total. The van der Waals surface area contributed by atoms with Crippen LogP contribution < -0.4 is 19.5 Å². The second-order valence-corrected chi connectivity index (χ2v) is 14.4. The van der Waals surface area contributed by atoms with Gasteiger partial charge in [-0.3, -0.25) is 9.59 Å². The summed E-state index contributed by atoms with van der Waals surface area (Å²) in [7, 11) is 3.44. The topological polar surface area (TPSA) is 95.6 Å². The summed E-state index contributed by atoms with van der Waals surface area (Å²) in [5.41, 5.74) is 3.42. The number of hydrogen-bond acceptors (Lipinski definition) is 8. The van der Waals surface area contributed by atoms with E-state index >= 15 is 0 Å². The van der Waals surface area contributed by atoms with E-state index in [-0.39, 0.29) is 17.8 Å². The lowest BCUT2D eigenvalue weighted by Crippen LogP contribution is -2.43. The molecule has 6 rings (SSSR count). The molecule has 3 aliphatic rings. The van der Waals surface area contributed by atoms with E-state index in [1.54, 1.807) is 14.2 Å². The Labute approximate surface area is 325 Å². The van der Waals surface area contributed by atoms with Gasteiger partial charge in [-0.05, 0) is 125 Å². The van der Waals surface area contributed by atoms with Gasteiger partial charge < -0.3 is 33.9 Å². The molecule has 1 aliphatic heterocycles. The molecule has 0 aromatic heterocycles. The van der Waals surface area contributed by atoms with E-state index in [1.807, 2.05) is 56.3 Å². The number of carbonyl (C=O) groups is 2. The highest BCUT2D eigenvalue weighted by Gasteiger charge is 2.36. The first-order chi connectivity index (χ1) is 25.7. The summed E-state index contributed by atoms with van der Waals surface area (Å²) >= 11 is 12.2. The third-order valence-corrected chi connectivity index (χ3v) is 9.59. The second-order valence-electron chi connectivity index (χ2n) is 13.6. The number of benzene rings is 3. The number of rotatable bonds is 16. The van der Waals surface area contributed by atoms with E-state index in [2.05, 4.69) is 28.4 Å². The van der Waals surface area contributed by atoms with Crippen molar-refractivity contribution in [3.63, 3.8) is 0 Å². The number of ether oxygens (including phenoxy) is 5. The minimum absolute atomic E-state index is 0.00694. The molecule has 1 saturated heterocycles. The van der Waals surface area contributed by atoms with E-state index in [0.29, 0.717) is 54.1 Å². The summed E-state index contributed by atoms with van der Waals surface area (Å²) in [6.45, 7) is 8.41. The van der Waals surface area contributed by atoms with Gasteiger partial charge in [0.05, 0.1) is 35.6 Å². The van der Waals surface area contributed by atoms with E-state index in [0.717, 1.165) is 88.1 Å². The van der Waals surface area contributed by atoms with Crippen molar-refractivity contribution in [2.75, 3.05) is 53.7 Å². The summed E-state index contributed by atoms with van der Waals surface area (Å²) in [4.78, 5) is 25.8. The lowest BCUT2D eigenvalue weighted by atomic mass is 9.97. The van der Waals surface area contributed by atoms with Gasteiger partial charge in [-0.1, -0.05) is 47.5 Å². The van der Waals surface area contributed by atoms with Crippen molar-refractivity contribution >= 4 is 35.1 Å². The maximum absolute atomic E-state index is 13.1. The zero-order valence-electron chi connectivity index (χ0n) is 31.7. The van der Waals surface area contributed by atoms with Gasteiger partial charge in [0.2, 0.25) is 5.91 Å². The van der Waals surface area contributed by atoms with Crippen LogP contribution in [0.1, 0.15) is 68.6 Å². The number of esters is 1. The second kappa shape index (κ2) is 22.7. The molecule has 1 unspecified atom stereocenters. The largest absolute Gasteiger partial charge is 0.497 e. The summed E-state index contributed by atoms with van der Waals surface area (Å²) in [6, 6.07) is 20.0. The number of nitrogens with one attached hydrogen (secondary N) is 1. The molecule has 2 saturated carbocycles. The highest BCUT2D eigenvalue weighted by molar-refractivity contribution is 6.37. The number of piperidine rings is 1. The van der Waals surface area contributed by atoms with Crippen LogP contribution >= 0.6 is 23.2 Å². The number of para-hydroxylation sites is 1. The van der Waals surface area contributed by atoms with Crippen molar-refractivity contribution in [2.45, 2.75) is 77.8 Å². The Morgan fingerprint density at radius 2 is 1.53 bits per heavy atom. The first kappa shape index (κ1) is 42.2. The van der Waals surface area contributed by atoms with Gasteiger partial charge in [0.1, 0.15) is 24.7 Å². The third kappa shape index (κ3) is 15.0. The van der Waals surface area contributed by atoms with Gasteiger partial charge in [-0.25, -0.2) is 0 Å². The van der Waals surface area contributed by atoms with Crippen molar-refractivity contribution < 1.29 is 33.3 Å². The van der Waals surface area contributed by atoms with Gasteiger partial charge in [-0.15, -0.1) is 0 Å². The quantitative estimate of drug-likeness (QED) is 0.115. The lowest BCUT2D eigenvalue weighted by molar-refractivity contribution is -0.144. The fourth-order valence-electron chi connectivity index (χ4n) is 5.99. The number of nitrogens with zero attached hydrogens (tertiary/aromatic N) is 1. The van der Waals surface area contributed by atoms with E-state index in [4.69, 9.17) is 46.9 Å². The molecular formula is C42H56Cl2N2O7. The van der Waals surface area contributed by atoms with E-state index in [1.165, 1.54) is 11.1 Å². The Hall–Kier alpha value is -3.50. The third-order valence-electron chi connectivity index (χ3n) is 9.03. The van der Waals surface area contributed by atoms with Crippen molar-refractivity contribution in [1.29, 1.82) is 0 Å². The monoisotopic (exact) mass is 770 g/mol. The van der Waals surface area contributed by atoms with Crippen LogP contribution in [0.5, 0.6) is 17.2 Å². The maximum Gasteiger partial charge on any atom is 0.308 e. The molecule has 1 amide bonds. The minimum Gasteiger partial charge on any atom is -0.497 e. The molecule has 1 N–H and O–H groups in total. The highest BCUT2D eigenvalue weighted by Crippen LogP contribution is 2.34. The summed E-state index contributed by atoms with van der Waals surface area (Å²) in [5.74, 6) is 2.90. The maximum atomic E-state index is 13.1. The van der Waals surface area contributed by atoms with Crippen LogP contribution in [0.3, 0.4) is 0 Å². The Balaban J connectivity index is 0.000000202. The Kier molecular flexibility index (Phi) is 18.1. The molecule has 3 aromatic carbocycles. The Bertz CT molecular complexity index is 1540. The SMILES string of the molecule is CCOC(=O)C1CC1.COCCCc1cc(CN(C(=O)C2CCCNC2)C2CC2)cc(OC)c1.Cc1cc(Cl)c(OCCOc2ccccc2)c(Cl)c1. The van der Waals surface area contributed by atoms with Gasteiger partial charge in [0.25, 0.3) is 0 Å². The van der Waals surface area contributed by atoms with Crippen LogP contribution in [-0.4, -0.2) is 76.6 Å². The average Bonchev–Trinajstić information content (AvgIpc) is 4.09.